The molecule has 0 unspecified atom stereocenters. The quantitative estimate of drug-likeness (QED) is 0.632. The van der Waals surface area contributed by atoms with Crippen LogP contribution in [-0.4, -0.2) is 13.4 Å². The molecule has 0 aliphatic heterocycles. The summed E-state index contributed by atoms with van der Waals surface area (Å²) in [7, 11) is -4.09. The molecule has 0 aliphatic rings. The highest BCUT2D eigenvalue weighted by Crippen LogP contribution is 2.33. The van der Waals surface area contributed by atoms with E-state index in [1.54, 1.807) is 25.1 Å². The number of sulfone groups is 1. The van der Waals surface area contributed by atoms with Crippen molar-refractivity contribution in [2.24, 2.45) is 0 Å². The van der Waals surface area contributed by atoms with Gasteiger partial charge in [0, 0.05) is 17.1 Å². The Balaban J connectivity index is 1.95. The molecule has 0 radical (unpaired) electrons. The number of hydrogen-bond donors (Lipinski definition) is 1. The van der Waals surface area contributed by atoms with Gasteiger partial charge in [-0.3, -0.25) is 0 Å². The van der Waals surface area contributed by atoms with Crippen LogP contribution in [0.3, 0.4) is 0 Å². The minimum atomic E-state index is -4.09. The first-order chi connectivity index (χ1) is 12.3. The van der Waals surface area contributed by atoms with Gasteiger partial charge in [-0.2, -0.15) is 0 Å². The van der Waals surface area contributed by atoms with Crippen LogP contribution >= 0.6 is 22.9 Å². The highest BCUT2D eigenvalue weighted by atomic mass is 35.5. The molecular formula is C17H13ClF2N2O2S2. The summed E-state index contributed by atoms with van der Waals surface area (Å²) >= 11 is 7.02. The third-order valence-electron chi connectivity index (χ3n) is 3.69. The Morgan fingerprint density at radius 2 is 1.92 bits per heavy atom. The fourth-order valence-electron chi connectivity index (χ4n) is 2.42. The van der Waals surface area contributed by atoms with Gasteiger partial charge in [-0.25, -0.2) is 22.2 Å². The second-order valence-corrected chi connectivity index (χ2v) is 8.85. The van der Waals surface area contributed by atoms with Crippen molar-refractivity contribution in [1.82, 2.24) is 4.98 Å². The molecule has 136 valence electrons. The van der Waals surface area contributed by atoms with Crippen LogP contribution in [0.5, 0.6) is 0 Å². The number of anilines is 1. The number of halogens is 3. The maximum absolute atomic E-state index is 14.5. The Kier molecular flexibility index (Phi) is 5.27. The smallest absolute Gasteiger partial charge is 0.236 e. The maximum Gasteiger partial charge on any atom is 0.236 e. The first kappa shape index (κ1) is 18.8. The molecular weight excluding hydrogens is 402 g/mol. The van der Waals surface area contributed by atoms with E-state index in [9.17, 15) is 17.2 Å². The zero-order valence-electron chi connectivity index (χ0n) is 13.4. The van der Waals surface area contributed by atoms with E-state index in [2.05, 4.69) is 10.3 Å². The molecule has 2 aromatic carbocycles. The summed E-state index contributed by atoms with van der Waals surface area (Å²) in [5.41, 5.74) is 0.543. The molecule has 0 amide bonds. The van der Waals surface area contributed by atoms with Crippen LogP contribution in [0.1, 0.15) is 18.5 Å². The Labute approximate surface area is 158 Å². The number of benzene rings is 2. The predicted molar refractivity (Wildman–Crippen MR) is 97.4 cm³/mol. The fraction of sp³-hybridized carbons (Fsp3) is 0.118. The predicted octanol–water partition coefficient (Wildman–Crippen LogP) is 5.08. The van der Waals surface area contributed by atoms with E-state index in [4.69, 9.17) is 11.6 Å². The lowest BCUT2D eigenvalue weighted by Gasteiger charge is -2.18. The van der Waals surface area contributed by atoms with Gasteiger partial charge in [0.05, 0.1) is 16.8 Å². The van der Waals surface area contributed by atoms with Gasteiger partial charge >= 0.3 is 0 Å². The van der Waals surface area contributed by atoms with Gasteiger partial charge in [0.15, 0.2) is 0 Å². The molecule has 0 spiro atoms. The molecule has 0 saturated carbocycles. The summed E-state index contributed by atoms with van der Waals surface area (Å²) in [6.45, 7) is 1.69. The minimum Gasteiger partial charge on any atom is -0.377 e. The van der Waals surface area contributed by atoms with Crippen LogP contribution in [0, 0.1) is 11.6 Å². The van der Waals surface area contributed by atoms with Crippen molar-refractivity contribution in [3.05, 3.63) is 70.2 Å². The van der Waals surface area contributed by atoms with Crippen LogP contribution in [-0.2, 0) is 9.84 Å². The molecule has 4 nitrogen and oxygen atoms in total. The number of thiazole rings is 1. The van der Waals surface area contributed by atoms with Gasteiger partial charge in [0.1, 0.15) is 16.5 Å². The van der Waals surface area contributed by atoms with E-state index in [0.29, 0.717) is 5.56 Å². The van der Waals surface area contributed by atoms with Crippen molar-refractivity contribution in [2.75, 3.05) is 5.32 Å². The van der Waals surface area contributed by atoms with Crippen molar-refractivity contribution < 1.29 is 17.2 Å². The molecule has 9 heteroatoms. The van der Waals surface area contributed by atoms with E-state index in [0.717, 1.165) is 23.5 Å². The molecule has 1 atom stereocenters. The molecule has 1 aromatic heterocycles. The number of rotatable bonds is 5. The van der Waals surface area contributed by atoms with E-state index in [1.165, 1.54) is 17.6 Å². The van der Waals surface area contributed by atoms with Gasteiger partial charge in [0.2, 0.25) is 14.2 Å². The zero-order valence-corrected chi connectivity index (χ0v) is 15.8. The van der Waals surface area contributed by atoms with Gasteiger partial charge in [-0.05, 0) is 25.1 Å². The second-order valence-electron chi connectivity index (χ2n) is 5.45. The first-order valence-electron chi connectivity index (χ1n) is 7.45. The Morgan fingerprint density at radius 3 is 2.58 bits per heavy atom. The highest BCUT2D eigenvalue weighted by molar-refractivity contribution is 7.93. The first-order valence-corrected chi connectivity index (χ1v) is 10.2. The molecule has 0 bridgehead atoms. The maximum atomic E-state index is 14.5. The minimum absolute atomic E-state index is 0.00437. The third kappa shape index (κ3) is 3.58. The fourth-order valence-corrected chi connectivity index (χ4v) is 4.98. The monoisotopic (exact) mass is 414 g/mol. The number of nitrogens with one attached hydrogen (secondary N) is 1. The van der Waals surface area contributed by atoms with E-state index in [1.807, 2.05) is 0 Å². The molecule has 1 heterocycles. The normalized spacial score (nSPS) is 12.8. The van der Waals surface area contributed by atoms with Crippen molar-refractivity contribution in [3.63, 3.8) is 0 Å². The lowest BCUT2D eigenvalue weighted by Crippen LogP contribution is -2.10. The van der Waals surface area contributed by atoms with Crippen molar-refractivity contribution in [3.8, 4) is 0 Å². The molecule has 26 heavy (non-hydrogen) atoms. The average Bonchev–Trinajstić information content (AvgIpc) is 3.13. The summed E-state index contributed by atoms with van der Waals surface area (Å²) in [6, 6.07) is 7.68. The van der Waals surface area contributed by atoms with Crippen LogP contribution in [0.2, 0.25) is 5.02 Å². The Morgan fingerprint density at radius 1 is 1.19 bits per heavy atom. The van der Waals surface area contributed by atoms with Crippen LogP contribution < -0.4 is 5.32 Å². The van der Waals surface area contributed by atoms with E-state index < -0.39 is 32.4 Å². The van der Waals surface area contributed by atoms with Crippen molar-refractivity contribution in [2.45, 2.75) is 22.2 Å². The Hall–Kier alpha value is -2.03. The third-order valence-corrected chi connectivity index (χ3v) is 6.98. The average molecular weight is 415 g/mol. The lowest BCUT2D eigenvalue weighted by molar-refractivity contribution is 0.566. The molecule has 1 N–H and O–H groups in total. The number of nitrogens with zero attached hydrogens (tertiary/aromatic N) is 1. The summed E-state index contributed by atoms with van der Waals surface area (Å²) in [5.74, 6) is -1.38. The van der Waals surface area contributed by atoms with Crippen molar-refractivity contribution in [1.29, 1.82) is 0 Å². The van der Waals surface area contributed by atoms with E-state index in [-0.39, 0.29) is 15.0 Å². The van der Waals surface area contributed by atoms with Crippen LogP contribution in [0.4, 0.5) is 14.5 Å². The highest BCUT2D eigenvalue weighted by Gasteiger charge is 2.26. The summed E-state index contributed by atoms with van der Waals surface area (Å²) in [4.78, 5) is 3.16. The number of aromatic nitrogens is 1. The second kappa shape index (κ2) is 7.30. The largest absolute Gasteiger partial charge is 0.377 e. The summed E-state index contributed by atoms with van der Waals surface area (Å²) < 4.78 is 53.0. The molecule has 0 saturated heterocycles. The Bertz CT molecular complexity index is 1040. The van der Waals surface area contributed by atoms with E-state index >= 15 is 0 Å². The zero-order chi connectivity index (χ0) is 18.9. The topological polar surface area (TPSA) is 59.1 Å². The van der Waals surface area contributed by atoms with Gasteiger partial charge in [-0.1, -0.05) is 29.8 Å². The molecule has 0 fully saturated rings. The van der Waals surface area contributed by atoms with Gasteiger partial charge in [0.25, 0.3) is 0 Å². The SMILES string of the molecule is C[C@H](Nc1cc(F)c(S(=O)(=O)c2nccs2)cc1Cl)c1ccccc1F. The van der Waals surface area contributed by atoms with Crippen LogP contribution in [0.25, 0.3) is 0 Å². The van der Waals surface area contributed by atoms with Crippen LogP contribution in [0.15, 0.2) is 57.2 Å². The standard InChI is InChI=1S/C17H13ClF2N2O2S2/c1-10(11-4-2-3-5-13(11)19)22-15-9-14(20)16(8-12(15)18)26(23,24)17-21-6-7-25-17/h2-10,22H,1H3/t10-/m0/s1. The van der Waals surface area contributed by atoms with Gasteiger partial charge in [-0.15, -0.1) is 11.3 Å². The summed E-state index contributed by atoms with van der Waals surface area (Å²) in [6.07, 6.45) is 1.32. The van der Waals surface area contributed by atoms with Crippen molar-refractivity contribution >= 4 is 38.5 Å². The lowest BCUT2D eigenvalue weighted by atomic mass is 10.1. The summed E-state index contributed by atoms with van der Waals surface area (Å²) in [5, 5.41) is 4.39. The molecule has 3 rings (SSSR count). The number of hydrogen-bond acceptors (Lipinski definition) is 5. The molecule has 3 aromatic rings. The molecule has 0 aliphatic carbocycles. The van der Waals surface area contributed by atoms with Gasteiger partial charge < -0.3 is 5.32 Å².